The molecule has 1 aliphatic rings. The highest BCUT2D eigenvalue weighted by Gasteiger charge is 1.94. The molecule has 0 bridgehead atoms. The lowest BCUT2D eigenvalue weighted by Gasteiger charge is -2.10. The van der Waals surface area contributed by atoms with Crippen LogP contribution in [0.5, 0.6) is 0 Å². The van der Waals surface area contributed by atoms with Gasteiger partial charge in [-0.2, -0.15) is 16.6 Å². The van der Waals surface area contributed by atoms with Gasteiger partial charge in [-0.1, -0.05) is 32.1 Å². The minimum absolute atomic E-state index is 0.953. The summed E-state index contributed by atoms with van der Waals surface area (Å²) in [6.45, 7) is 1.95. The Kier molecular flexibility index (Phi) is 8.85. The molecule has 0 unspecified atom stereocenters. The van der Waals surface area contributed by atoms with Crippen LogP contribution in [-0.2, 0) is 0 Å². The molecule has 1 radical (unpaired) electrons. The molecule has 0 aromatic heterocycles. The summed E-state index contributed by atoms with van der Waals surface area (Å²) in [4.78, 5) is 0. The molecule has 1 fully saturated rings. The van der Waals surface area contributed by atoms with Crippen molar-refractivity contribution >= 4 is 0 Å². The highest BCUT2D eigenvalue weighted by atomic mass is 15.8. The Morgan fingerprint density at radius 1 is 0.600 bits per heavy atom. The summed E-state index contributed by atoms with van der Waals surface area (Å²) in [6, 6.07) is 0. The van der Waals surface area contributed by atoms with Crippen LogP contribution in [0.1, 0.15) is 44.9 Å². The fourth-order valence-electron chi connectivity index (χ4n) is 1.60. The van der Waals surface area contributed by atoms with E-state index in [9.17, 15) is 0 Å². The molecule has 0 aliphatic carbocycles. The Morgan fingerprint density at radius 3 is 2.27 bits per heavy atom. The van der Waals surface area contributed by atoms with Crippen LogP contribution >= 0.6 is 0 Å². The largest absolute Gasteiger partial charge is 0.243 e. The van der Waals surface area contributed by atoms with Gasteiger partial charge in [0.05, 0.1) is 0 Å². The van der Waals surface area contributed by atoms with Crippen LogP contribution in [0.3, 0.4) is 0 Å². The molecule has 0 amide bonds. The average Bonchev–Trinajstić information content (AvgIpc) is 2.27. The highest BCUT2D eigenvalue weighted by molar-refractivity contribution is 4.65. The summed E-state index contributed by atoms with van der Waals surface area (Å²) in [5, 5.41) is 0. The van der Waals surface area contributed by atoms with E-state index in [1.807, 2.05) is 0 Å². The fraction of sp³-hybridized carbons (Fsp3) is 0.900. The van der Waals surface area contributed by atoms with Crippen LogP contribution in [0.2, 0.25) is 0 Å². The molecule has 5 N–H and O–H groups in total. The number of nitrogens with one attached hydrogen (secondary N) is 5. The van der Waals surface area contributed by atoms with Crippen LogP contribution in [0.4, 0.5) is 0 Å². The van der Waals surface area contributed by atoms with E-state index in [4.69, 9.17) is 0 Å². The normalized spacial score (nSPS) is 24.0. The van der Waals surface area contributed by atoms with Crippen molar-refractivity contribution in [2.24, 2.45) is 0 Å². The van der Waals surface area contributed by atoms with Gasteiger partial charge in [-0.25, -0.2) is 10.9 Å². The quantitative estimate of drug-likeness (QED) is 0.407. The molecular weight excluding hydrogens is 190 g/mol. The van der Waals surface area contributed by atoms with E-state index in [0.717, 1.165) is 19.5 Å². The summed E-state index contributed by atoms with van der Waals surface area (Å²) < 4.78 is 0. The van der Waals surface area contributed by atoms with Gasteiger partial charge in [0.15, 0.2) is 0 Å². The van der Waals surface area contributed by atoms with Gasteiger partial charge in [0.1, 0.15) is 0 Å². The van der Waals surface area contributed by atoms with E-state index in [0.29, 0.717) is 0 Å². The second kappa shape index (κ2) is 10.3. The Hall–Kier alpha value is -0.200. The van der Waals surface area contributed by atoms with Crippen molar-refractivity contribution in [1.82, 2.24) is 27.5 Å². The topological polar surface area (TPSA) is 60.1 Å². The third-order valence-electron chi connectivity index (χ3n) is 2.49. The molecule has 1 rings (SSSR count). The molecule has 15 heavy (non-hydrogen) atoms. The monoisotopic (exact) mass is 214 g/mol. The van der Waals surface area contributed by atoms with Crippen molar-refractivity contribution in [1.29, 1.82) is 0 Å². The van der Waals surface area contributed by atoms with Gasteiger partial charge in [-0.15, -0.1) is 0 Å². The van der Waals surface area contributed by atoms with Crippen LogP contribution in [0, 0.1) is 6.42 Å². The number of hydrazine groups is 4. The number of hydrogen-bond donors (Lipinski definition) is 5. The minimum atomic E-state index is 0.953. The molecule has 0 saturated carbocycles. The summed E-state index contributed by atoms with van der Waals surface area (Å²) in [6.07, 6.45) is 11.4. The van der Waals surface area contributed by atoms with Crippen LogP contribution in [0.15, 0.2) is 0 Å². The molecule has 1 heterocycles. The van der Waals surface area contributed by atoms with Crippen molar-refractivity contribution in [2.75, 3.05) is 13.1 Å². The second-order valence-electron chi connectivity index (χ2n) is 3.86. The zero-order valence-electron chi connectivity index (χ0n) is 9.44. The third-order valence-corrected chi connectivity index (χ3v) is 2.49. The van der Waals surface area contributed by atoms with E-state index < -0.39 is 0 Å². The van der Waals surface area contributed by atoms with Crippen molar-refractivity contribution in [3.63, 3.8) is 0 Å². The van der Waals surface area contributed by atoms with Crippen LogP contribution in [0.25, 0.3) is 0 Å². The van der Waals surface area contributed by atoms with Crippen molar-refractivity contribution in [3.05, 3.63) is 6.42 Å². The van der Waals surface area contributed by atoms with E-state index in [1.54, 1.807) is 0 Å². The molecule has 0 spiro atoms. The van der Waals surface area contributed by atoms with Crippen molar-refractivity contribution in [3.8, 4) is 0 Å². The Bertz CT molecular complexity index is 72.4. The molecule has 0 aromatic carbocycles. The zero-order chi connectivity index (χ0) is 10.6. The van der Waals surface area contributed by atoms with E-state index in [1.165, 1.54) is 38.5 Å². The number of hydrogen-bond acceptors (Lipinski definition) is 5. The molecule has 0 atom stereocenters. The average molecular weight is 214 g/mol. The Labute approximate surface area is 92.6 Å². The van der Waals surface area contributed by atoms with Gasteiger partial charge in [0, 0.05) is 13.1 Å². The van der Waals surface area contributed by atoms with Gasteiger partial charge >= 0.3 is 0 Å². The van der Waals surface area contributed by atoms with Gasteiger partial charge < -0.3 is 0 Å². The minimum Gasteiger partial charge on any atom is -0.243 e. The molecule has 0 aromatic rings. The molecule has 5 heteroatoms. The van der Waals surface area contributed by atoms with E-state index in [2.05, 4.69) is 33.9 Å². The lowest BCUT2D eigenvalue weighted by Crippen LogP contribution is -2.55. The molecule has 1 aliphatic heterocycles. The molecule has 1 saturated heterocycles. The first-order valence-electron chi connectivity index (χ1n) is 6.02. The lowest BCUT2D eigenvalue weighted by molar-refractivity contribution is 0.324. The maximum Gasteiger partial charge on any atom is 0.0116 e. The first-order valence-corrected chi connectivity index (χ1v) is 6.02. The first kappa shape index (κ1) is 12.9. The zero-order valence-corrected chi connectivity index (χ0v) is 9.44. The first-order chi connectivity index (χ1) is 7.50. The predicted octanol–water partition coefficient (Wildman–Crippen LogP) is 0.543. The molecule has 89 valence electrons. The van der Waals surface area contributed by atoms with Gasteiger partial charge in [-0.05, 0) is 19.3 Å². The summed E-state index contributed by atoms with van der Waals surface area (Å²) in [5.41, 5.74) is 14.7. The SMILES string of the molecule is [CH]1CCCCCCCNNNNNCC1. The highest BCUT2D eigenvalue weighted by Crippen LogP contribution is 2.07. The maximum absolute atomic E-state index is 3.08. The van der Waals surface area contributed by atoms with E-state index >= 15 is 0 Å². The second-order valence-corrected chi connectivity index (χ2v) is 3.86. The standard InChI is InChI=1S/C10H24N5/c1-2-4-6-8-10-12-14-15-13-11-9-7-5-3-1/h5,11-15H,1-4,6-10H2. The van der Waals surface area contributed by atoms with Gasteiger partial charge in [0.25, 0.3) is 0 Å². The van der Waals surface area contributed by atoms with E-state index in [-0.39, 0.29) is 0 Å². The summed E-state index contributed by atoms with van der Waals surface area (Å²) in [5.74, 6) is 0. The lowest BCUT2D eigenvalue weighted by atomic mass is 10.1. The maximum atomic E-state index is 3.08. The van der Waals surface area contributed by atoms with Gasteiger partial charge in [0.2, 0.25) is 0 Å². The van der Waals surface area contributed by atoms with Crippen LogP contribution in [-0.4, -0.2) is 13.1 Å². The number of rotatable bonds is 0. The van der Waals surface area contributed by atoms with Crippen LogP contribution < -0.4 is 27.5 Å². The predicted molar refractivity (Wildman–Crippen MR) is 62.0 cm³/mol. The molecular formula is C10H24N5. The summed E-state index contributed by atoms with van der Waals surface area (Å²) >= 11 is 0. The molecule has 5 nitrogen and oxygen atoms in total. The van der Waals surface area contributed by atoms with Crippen molar-refractivity contribution < 1.29 is 0 Å². The van der Waals surface area contributed by atoms with Crippen molar-refractivity contribution in [2.45, 2.75) is 44.9 Å². The van der Waals surface area contributed by atoms with Gasteiger partial charge in [-0.3, -0.25) is 0 Å². The Morgan fingerprint density at radius 2 is 1.33 bits per heavy atom. The third kappa shape index (κ3) is 8.77. The smallest absolute Gasteiger partial charge is 0.0116 e. The Balaban J connectivity index is 2.01. The summed E-state index contributed by atoms with van der Waals surface area (Å²) in [7, 11) is 0. The fourth-order valence-corrected chi connectivity index (χ4v) is 1.60.